The van der Waals surface area contributed by atoms with Crippen LogP contribution in [-0.4, -0.2) is 25.0 Å². The Morgan fingerprint density at radius 2 is 1.87 bits per heavy atom. The number of hydrogen-bond donors (Lipinski definition) is 2. The summed E-state index contributed by atoms with van der Waals surface area (Å²) in [6.45, 7) is 4.18. The van der Waals surface area contributed by atoms with Crippen molar-refractivity contribution >= 4 is 22.2 Å². The van der Waals surface area contributed by atoms with Crippen molar-refractivity contribution in [2.75, 3.05) is 18.4 Å². The third-order valence-corrected chi connectivity index (χ3v) is 6.48. The quantitative estimate of drug-likeness (QED) is 0.835. The molecule has 1 aromatic heterocycles. The fourth-order valence-corrected chi connectivity index (χ4v) is 5.04. The Hall–Kier alpha value is -1.38. The largest absolute Gasteiger partial charge is 0.325 e. The Balaban J connectivity index is 1.74. The minimum atomic E-state index is -0.0382. The molecule has 1 aliphatic heterocycles. The van der Waals surface area contributed by atoms with Crippen LogP contribution in [0.5, 0.6) is 0 Å². The van der Waals surface area contributed by atoms with Crippen LogP contribution in [0.3, 0.4) is 0 Å². The standard InChI is InChI=1S/C18H25N3OS/c1-13(21-10-6-3-7-11-21)17(22)20-18-15(12-19)14-8-4-2-5-9-16(14)23-18/h13H,2-11H2,1H3,(H,20,22)/p+1/t13-/m0/s1. The highest BCUT2D eigenvalue weighted by atomic mass is 32.1. The molecule has 124 valence electrons. The summed E-state index contributed by atoms with van der Waals surface area (Å²) < 4.78 is 0. The van der Waals surface area contributed by atoms with Gasteiger partial charge in [0, 0.05) is 4.88 Å². The summed E-state index contributed by atoms with van der Waals surface area (Å²) in [6, 6.07) is 2.31. The van der Waals surface area contributed by atoms with Gasteiger partial charge in [-0.25, -0.2) is 0 Å². The second-order valence-corrected chi connectivity index (χ2v) is 7.92. The van der Waals surface area contributed by atoms with Crippen molar-refractivity contribution in [3.05, 3.63) is 16.0 Å². The molecule has 2 N–H and O–H groups in total. The first-order valence-electron chi connectivity index (χ1n) is 8.90. The molecule has 0 radical (unpaired) electrons. The van der Waals surface area contributed by atoms with Gasteiger partial charge in [0.2, 0.25) is 0 Å². The van der Waals surface area contributed by atoms with Gasteiger partial charge in [-0.15, -0.1) is 11.3 Å². The summed E-state index contributed by atoms with van der Waals surface area (Å²) in [6.07, 6.45) is 9.33. The van der Waals surface area contributed by atoms with Gasteiger partial charge in [0.15, 0.2) is 6.04 Å². The van der Waals surface area contributed by atoms with Crippen LogP contribution in [0.25, 0.3) is 0 Å². The molecule has 5 heteroatoms. The lowest BCUT2D eigenvalue weighted by molar-refractivity contribution is -0.918. The highest BCUT2D eigenvalue weighted by Gasteiger charge is 2.28. The Morgan fingerprint density at radius 1 is 1.17 bits per heavy atom. The van der Waals surface area contributed by atoms with Crippen molar-refractivity contribution in [3.63, 3.8) is 0 Å². The number of nitriles is 1. The average Bonchev–Trinajstić information content (AvgIpc) is 2.74. The molecule has 0 spiro atoms. The fourth-order valence-electron chi connectivity index (χ4n) is 3.79. The van der Waals surface area contributed by atoms with Gasteiger partial charge >= 0.3 is 0 Å². The summed E-state index contributed by atoms with van der Waals surface area (Å²) in [4.78, 5) is 15.3. The predicted octanol–water partition coefficient (Wildman–Crippen LogP) is 2.28. The number of nitrogens with one attached hydrogen (secondary N) is 2. The third kappa shape index (κ3) is 3.59. The maximum absolute atomic E-state index is 12.6. The highest BCUT2D eigenvalue weighted by molar-refractivity contribution is 7.16. The second-order valence-electron chi connectivity index (χ2n) is 6.81. The Morgan fingerprint density at radius 3 is 2.61 bits per heavy atom. The van der Waals surface area contributed by atoms with Gasteiger partial charge in [-0.2, -0.15) is 5.26 Å². The number of hydrogen-bond acceptors (Lipinski definition) is 3. The van der Waals surface area contributed by atoms with Gasteiger partial charge in [-0.3, -0.25) is 4.79 Å². The van der Waals surface area contributed by atoms with Crippen molar-refractivity contribution in [2.24, 2.45) is 0 Å². The number of thiophene rings is 1. The van der Waals surface area contributed by atoms with Crippen LogP contribution in [0.15, 0.2) is 0 Å². The summed E-state index contributed by atoms with van der Waals surface area (Å²) in [7, 11) is 0. The van der Waals surface area contributed by atoms with Crippen molar-refractivity contribution < 1.29 is 9.69 Å². The van der Waals surface area contributed by atoms with E-state index in [1.165, 1.54) is 47.4 Å². The molecule has 3 rings (SSSR count). The van der Waals surface area contributed by atoms with E-state index < -0.39 is 0 Å². The van der Waals surface area contributed by atoms with E-state index in [9.17, 15) is 10.1 Å². The number of carbonyl (C=O) groups excluding carboxylic acids is 1. The molecule has 23 heavy (non-hydrogen) atoms. The van der Waals surface area contributed by atoms with Gasteiger partial charge in [0.1, 0.15) is 11.1 Å². The molecule has 2 aliphatic rings. The van der Waals surface area contributed by atoms with Crippen LogP contribution in [0.4, 0.5) is 5.00 Å². The molecular weight excluding hydrogens is 306 g/mol. The number of fused-ring (bicyclic) bond motifs is 1. The van der Waals surface area contributed by atoms with Crippen molar-refractivity contribution in [1.82, 2.24) is 0 Å². The number of anilines is 1. The van der Waals surface area contributed by atoms with Crippen molar-refractivity contribution in [1.29, 1.82) is 5.26 Å². The normalized spacial score (nSPS) is 20.2. The zero-order chi connectivity index (χ0) is 16.2. The number of amides is 1. The topological polar surface area (TPSA) is 57.3 Å². The minimum absolute atomic E-state index is 0.0382. The van der Waals surface area contributed by atoms with E-state index in [1.807, 2.05) is 6.92 Å². The van der Waals surface area contributed by atoms with E-state index in [1.54, 1.807) is 11.3 Å². The van der Waals surface area contributed by atoms with Crippen LogP contribution in [0.1, 0.15) is 61.5 Å². The molecule has 0 bridgehead atoms. The molecule has 0 aromatic carbocycles. The number of rotatable bonds is 3. The lowest BCUT2D eigenvalue weighted by Crippen LogP contribution is -3.17. The highest BCUT2D eigenvalue weighted by Crippen LogP contribution is 2.36. The first-order valence-corrected chi connectivity index (χ1v) is 9.72. The molecule has 1 saturated heterocycles. The number of quaternary nitrogens is 1. The number of piperidine rings is 1. The van der Waals surface area contributed by atoms with E-state index in [0.717, 1.165) is 42.9 Å². The molecule has 1 fully saturated rings. The molecule has 0 saturated carbocycles. The van der Waals surface area contributed by atoms with Gasteiger partial charge in [-0.1, -0.05) is 6.42 Å². The fraction of sp³-hybridized carbons (Fsp3) is 0.667. The van der Waals surface area contributed by atoms with E-state index in [-0.39, 0.29) is 11.9 Å². The smallest absolute Gasteiger partial charge is 0.283 e. The molecule has 0 unspecified atom stereocenters. The molecule has 1 aromatic rings. The number of carbonyl (C=O) groups is 1. The number of aryl methyl sites for hydroxylation is 1. The zero-order valence-electron chi connectivity index (χ0n) is 13.9. The molecule has 1 atom stereocenters. The van der Waals surface area contributed by atoms with Gasteiger partial charge in [-0.05, 0) is 57.4 Å². The SMILES string of the molecule is C[C@@H](C(=O)Nc1sc2c(c1C#N)CCCCC2)[NH+]1CCCCC1. The average molecular weight is 332 g/mol. The number of nitrogens with zero attached hydrogens (tertiary/aromatic N) is 1. The maximum Gasteiger partial charge on any atom is 0.283 e. The molecule has 4 nitrogen and oxygen atoms in total. The molecule has 1 amide bonds. The van der Waals surface area contributed by atoms with Crippen LogP contribution < -0.4 is 10.2 Å². The van der Waals surface area contributed by atoms with Crippen LogP contribution >= 0.6 is 11.3 Å². The maximum atomic E-state index is 12.6. The third-order valence-electron chi connectivity index (χ3n) is 5.27. The van der Waals surface area contributed by atoms with Gasteiger partial charge < -0.3 is 10.2 Å². The van der Waals surface area contributed by atoms with E-state index >= 15 is 0 Å². The molecule has 1 aliphatic carbocycles. The summed E-state index contributed by atoms with van der Waals surface area (Å²) in [5.41, 5.74) is 1.92. The van der Waals surface area contributed by atoms with Crippen LogP contribution in [0.2, 0.25) is 0 Å². The number of likely N-dealkylation sites (tertiary alicyclic amines) is 1. The van der Waals surface area contributed by atoms with Crippen molar-refractivity contribution in [2.45, 2.75) is 64.3 Å². The molecule has 2 heterocycles. The Labute approximate surface area is 142 Å². The predicted molar refractivity (Wildman–Crippen MR) is 92.9 cm³/mol. The summed E-state index contributed by atoms with van der Waals surface area (Å²) >= 11 is 1.63. The van der Waals surface area contributed by atoms with E-state index in [4.69, 9.17) is 0 Å². The van der Waals surface area contributed by atoms with E-state index in [0.29, 0.717) is 0 Å². The summed E-state index contributed by atoms with van der Waals surface area (Å²) in [5.74, 6) is 0.0646. The second kappa shape index (κ2) is 7.46. The first-order chi connectivity index (χ1) is 11.2. The van der Waals surface area contributed by atoms with Crippen LogP contribution in [0, 0.1) is 11.3 Å². The summed E-state index contributed by atoms with van der Waals surface area (Å²) in [5, 5.41) is 13.4. The minimum Gasteiger partial charge on any atom is -0.325 e. The van der Waals surface area contributed by atoms with Crippen LogP contribution in [-0.2, 0) is 17.6 Å². The Bertz CT molecular complexity index is 611. The lowest BCUT2D eigenvalue weighted by Gasteiger charge is -2.28. The first kappa shape index (κ1) is 16.5. The molecular formula is C18H26N3OS+. The van der Waals surface area contributed by atoms with Crippen molar-refractivity contribution in [3.8, 4) is 6.07 Å². The van der Waals surface area contributed by atoms with Gasteiger partial charge in [0.05, 0.1) is 18.7 Å². The zero-order valence-corrected chi connectivity index (χ0v) is 14.7. The Kier molecular flexibility index (Phi) is 5.34. The monoisotopic (exact) mass is 332 g/mol. The lowest BCUT2D eigenvalue weighted by atomic mass is 10.1. The van der Waals surface area contributed by atoms with E-state index in [2.05, 4.69) is 11.4 Å². The van der Waals surface area contributed by atoms with Gasteiger partial charge in [0.25, 0.3) is 5.91 Å².